The Labute approximate surface area is 76.3 Å². The quantitative estimate of drug-likeness (QED) is 0.629. The molecule has 1 aliphatic heterocycles. The van der Waals surface area contributed by atoms with Gasteiger partial charge in [0.25, 0.3) is 0 Å². The number of hydrogen-bond donors (Lipinski definition) is 1. The van der Waals surface area contributed by atoms with Crippen LogP contribution in [0, 0.1) is 0 Å². The van der Waals surface area contributed by atoms with Gasteiger partial charge in [-0.1, -0.05) is 6.92 Å². The zero-order valence-corrected chi connectivity index (χ0v) is 8.47. The van der Waals surface area contributed by atoms with E-state index in [4.69, 9.17) is 0 Å². The summed E-state index contributed by atoms with van der Waals surface area (Å²) in [7, 11) is 2.03. The Morgan fingerprint density at radius 2 is 2.33 bits per heavy atom. The van der Waals surface area contributed by atoms with E-state index in [1.165, 1.54) is 45.3 Å². The average Bonchev–Trinajstić information content (AvgIpc) is 2.52. The van der Waals surface area contributed by atoms with Gasteiger partial charge >= 0.3 is 0 Å². The molecule has 1 aliphatic rings. The summed E-state index contributed by atoms with van der Waals surface area (Å²) >= 11 is 0. The average molecular weight is 170 g/mol. The molecule has 0 radical (unpaired) electrons. The fourth-order valence-corrected chi connectivity index (χ4v) is 2.15. The van der Waals surface area contributed by atoms with Crippen LogP contribution in [0.5, 0.6) is 0 Å². The standard InChI is InChI=1S/C10H22N2/c1-3-12-9-5-7-10(12)6-4-8-11-2/h10-11H,3-9H2,1-2H3. The van der Waals surface area contributed by atoms with E-state index < -0.39 is 0 Å². The molecule has 1 unspecified atom stereocenters. The molecule has 12 heavy (non-hydrogen) atoms. The summed E-state index contributed by atoms with van der Waals surface area (Å²) in [5.41, 5.74) is 0. The first kappa shape index (κ1) is 10.0. The molecule has 0 aliphatic carbocycles. The van der Waals surface area contributed by atoms with Crippen LogP contribution in [-0.4, -0.2) is 37.6 Å². The van der Waals surface area contributed by atoms with Crippen LogP contribution in [0.3, 0.4) is 0 Å². The summed E-state index contributed by atoms with van der Waals surface area (Å²) < 4.78 is 0. The van der Waals surface area contributed by atoms with Gasteiger partial charge in [0.1, 0.15) is 0 Å². The van der Waals surface area contributed by atoms with Crippen molar-refractivity contribution in [1.29, 1.82) is 0 Å². The summed E-state index contributed by atoms with van der Waals surface area (Å²) in [6, 6.07) is 0.892. The predicted octanol–water partition coefficient (Wildman–Crippen LogP) is 1.47. The van der Waals surface area contributed by atoms with Crippen molar-refractivity contribution >= 4 is 0 Å². The summed E-state index contributed by atoms with van der Waals surface area (Å²) in [4.78, 5) is 2.62. The highest BCUT2D eigenvalue weighted by Gasteiger charge is 2.21. The lowest BCUT2D eigenvalue weighted by molar-refractivity contribution is 0.252. The van der Waals surface area contributed by atoms with Crippen LogP contribution in [0.25, 0.3) is 0 Å². The molecule has 0 aromatic heterocycles. The van der Waals surface area contributed by atoms with Gasteiger partial charge in [0.05, 0.1) is 0 Å². The van der Waals surface area contributed by atoms with E-state index in [1.54, 1.807) is 0 Å². The van der Waals surface area contributed by atoms with Gasteiger partial charge in [0.15, 0.2) is 0 Å². The Balaban J connectivity index is 2.12. The van der Waals surface area contributed by atoms with Crippen molar-refractivity contribution < 1.29 is 0 Å². The molecule has 2 nitrogen and oxygen atoms in total. The lowest BCUT2D eigenvalue weighted by Crippen LogP contribution is -2.29. The van der Waals surface area contributed by atoms with Crippen molar-refractivity contribution in [3.8, 4) is 0 Å². The Morgan fingerprint density at radius 3 is 3.00 bits per heavy atom. The maximum atomic E-state index is 3.21. The lowest BCUT2D eigenvalue weighted by atomic mass is 10.1. The summed E-state index contributed by atoms with van der Waals surface area (Å²) in [6.07, 6.45) is 5.56. The molecular formula is C10H22N2. The monoisotopic (exact) mass is 170 g/mol. The molecule has 0 spiro atoms. The molecule has 1 saturated heterocycles. The highest BCUT2D eigenvalue weighted by molar-refractivity contribution is 4.77. The number of rotatable bonds is 5. The van der Waals surface area contributed by atoms with E-state index in [2.05, 4.69) is 17.1 Å². The number of likely N-dealkylation sites (tertiary alicyclic amines) is 1. The van der Waals surface area contributed by atoms with Gasteiger partial charge < -0.3 is 10.2 Å². The van der Waals surface area contributed by atoms with Gasteiger partial charge in [-0.15, -0.1) is 0 Å². The van der Waals surface area contributed by atoms with Gasteiger partial charge in [0, 0.05) is 6.04 Å². The van der Waals surface area contributed by atoms with Crippen molar-refractivity contribution in [3.63, 3.8) is 0 Å². The largest absolute Gasteiger partial charge is 0.320 e. The van der Waals surface area contributed by atoms with Gasteiger partial charge in [-0.2, -0.15) is 0 Å². The van der Waals surface area contributed by atoms with Crippen LogP contribution in [0.1, 0.15) is 32.6 Å². The minimum Gasteiger partial charge on any atom is -0.320 e. The van der Waals surface area contributed by atoms with E-state index >= 15 is 0 Å². The Bertz CT molecular complexity index is 114. The first-order valence-corrected chi connectivity index (χ1v) is 5.27. The zero-order chi connectivity index (χ0) is 8.81. The molecular weight excluding hydrogens is 148 g/mol. The number of nitrogens with one attached hydrogen (secondary N) is 1. The maximum Gasteiger partial charge on any atom is 0.00960 e. The first-order valence-electron chi connectivity index (χ1n) is 5.27. The van der Waals surface area contributed by atoms with Crippen molar-refractivity contribution in [3.05, 3.63) is 0 Å². The third kappa shape index (κ3) is 2.76. The number of nitrogens with zero attached hydrogens (tertiary/aromatic N) is 1. The highest BCUT2D eigenvalue weighted by Crippen LogP contribution is 2.20. The third-order valence-corrected chi connectivity index (χ3v) is 2.87. The second-order valence-electron chi connectivity index (χ2n) is 3.67. The molecule has 2 heteroatoms. The molecule has 0 aromatic carbocycles. The second kappa shape index (κ2) is 5.55. The third-order valence-electron chi connectivity index (χ3n) is 2.87. The van der Waals surface area contributed by atoms with Crippen molar-refractivity contribution in [2.75, 3.05) is 26.7 Å². The summed E-state index contributed by atoms with van der Waals surface area (Å²) in [6.45, 7) is 6.02. The van der Waals surface area contributed by atoms with Gasteiger partial charge in [-0.25, -0.2) is 0 Å². The fraction of sp³-hybridized carbons (Fsp3) is 1.00. The zero-order valence-electron chi connectivity index (χ0n) is 8.47. The molecule has 0 aromatic rings. The van der Waals surface area contributed by atoms with Crippen molar-refractivity contribution in [2.45, 2.75) is 38.6 Å². The molecule has 1 rings (SSSR count). The van der Waals surface area contributed by atoms with Crippen LogP contribution >= 0.6 is 0 Å². The number of hydrogen-bond acceptors (Lipinski definition) is 2. The van der Waals surface area contributed by atoms with E-state index in [0.29, 0.717) is 0 Å². The topological polar surface area (TPSA) is 15.3 Å². The minimum atomic E-state index is 0.892. The minimum absolute atomic E-state index is 0.892. The van der Waals surface area contributed by atoms with E-state index in [0.717, 1.165) is 6.04 Å². The second-order valence-corrected chi connectivity index (χ2v) is 3.67. The lowest BCUT2D eigenvalue weighted by Gasteiger charge is -2.22. The van der Waals surface area contributed by atoms with Crippen LogP contribution < -0.4 is 5.32 Å². The molecule has 72 valence electrons. The fourth-order valence-electron chi connectivity index (χ4n) is 2.15. The normalized spacial score (nSPS) is 25.0. The van der Waals surface area contributed by atoms with Crippen molar-refractivity contribution in [1.82, 2.24) is 10.2 Å². The van der Waals surface area contributed by atoms with Crippen molar-refractivity contribution in [2.24, 2.45) is 0 Å². The maximum absolute atomic E-state index is 3.21. The molecule has 0 saturated carbocycles. The predicted molar refractivity (Wildman–Crippen MR) is 53.4 cm³/mol. The Kier molecular flexibility index (Phi) is 4.62. The van der Waals surface area contributed by atoms with E-state index in [1.807, 2.05) is 7.05 Å². The Morgan fingerprint density at radius 1 is 1.50 bits per heavy atom. The van der Waals surface area contributed by atoms with E-state index in [-0.39, 0.29) is 0 Å². The van der Waals surface area contributed by atoms with Gasteiger partial charge in [-0.05, 0) is 52.4 Å². The Hall–Kier alpha value is -0.0800. The highest BCUT2D eigenvalue weighted by atomic mass is 15.2. The SMILES string of the molecule is CCN1CCCC1CCCNC. The van der Waals surface area contributed by atoms with Gasteiger partial charge in [0.2, 0.25) is 0 Å². The van der Waals surface area contributed by atoms with Crippen LogP contribution in [0.4, 0.5) is 0 Å². The smallest absolute Gasteiger partial charge is 0.00960 e. The van der Waals surface area contributed by atoms with E-state index in [9.17, 15) is 0 Å². The molecule has 1 N–H and O–H groups in total. The molecule has 0 bridgehead atoms. The molecule has 1 heterocycles. The molecule has 1 atom stereocenters. The van der Waals surface area contributed by atoms with Crippen LogP contribution in [0.2, 0.25) is 0 Å². The van der Waals surface area contributed by atoms with Crippen LogP contribution in [0.15, 0.2) is 0 Å². The summed E-state index contributed by atoms with van der Waals surface area (Å²) in [5, 5.41) is 3.21. The summed E-state index contributed by atoms with van der Waals surface area (Å²) in [5.74, 6) is 0. The first-order chi connectivity index (χ1) is 5.88. The molecule has 0 amide bonds. The van der Waals surface area contributed by atoms with Gasteiger partial charge in [-0.3, -0.25) is 0 Å². The van der Waals surface area contributed by atoms with Crippen LogP contribution in [-0.2, 0) is 0 Å². The molecule has 1 fully saturated rings.